The number of hydrogen-bond donors (Lipinski definition) is 1. The molecule has 0 radical (unpaired) electrons. The Morgan fingerprint density at radius 2 is 1.81 bits per heavy atom. The Balaban J connectivity index is 4.83. The lowest BCUT2D eigenvalue weighted by Gasteiger charge is -2.25. The molecule has 1 unspecified atom stereocenters. The van der Waals surface area contributed by atoms with Gasteiger partial charge in [-0.25, -0.2) is 8.42 Å². The Kier molecular flexibility index (Phi) is 5.96. The van der Waals surface area contributed by atoms with Gasteiger partial charge in [0.15, 0.2) is 0 Å². The summed E-state index contributed by atoms with van der Waals surface area (Å²) in [5, 5.41) is 8.68. The third-order valence-electron chi connectivity index (χ3n) is 2.42. The van der Waals surface area contributed by atoms with Crippen LogP contribution >= 0.6 is 0 Å². The molecule has 6 heteroatoms. The normalized spacial score (nSPS) is 14.4. The van der Waals surface area contributed by atoms with E-state index in [-0.39, 0.29) is 17.7 Å². The number of nitrogens with zero attached hydrogens (tertiary/aromatic N) is 1. The minimum atomic E-state index is -3.48. The van der Waals surface area contributed by atoms with Gasteiger partial charge in [0.2, 0.25) is 10.0 Å². The van der Waals surface area contributed by atoms with E-state index in [1.807, 2.05) is 13.8 Å². The second kappa shape index (κ2) is 6.20. The monoisotopic (exact) mass is 251 g/mol. The zero-order valence-electron chi connectivity index (χ0n) is 10.3. The van der Waals surface area contributed by atoms with Crippen LogP contribution in [0.15, 0.2) is 0 Å². The SMILES string of the molecule is CCC(C)CS(=O)(=O)N(CC(=O)O)C(C)C. The minimum Gasteiger partial charge on any atom is -0.480 e. The van der Waals surface area contributed by atoms with Crippen LogP contribution in [0.2, 0.25) is 0 Å². The molecule has 0 aliphatic heterocycles. The summed E-state index contributed by atoms with van der Waals surface area (Å²) in [6.07, 6.45) is 0.762. The lowest BCUT2D eigenvalue weighted by Crippen LogP contribution is -2.42. The van der Waals surface area contributed by atoms with Gasteiger partial charge in [0.25, 0.3) is 0 Å². The first-order valence-electron chi connectivity index (χ1n) is 5.42. The van der Waals surface area contributed by atoms with E-state index >= 15 is 0 Å². The van der Waals surface area contributed by atoms with Gasteiger partial charge in [-0.1, -0.05) is 20.3 Å². The number of aliphatic carboxylic acids is 1. The zero-order chi connectivity index (χ0) is 12.9. The first-order valence-corrected chi connectivity index (χ1v) is 7.03. The topological polar surface area (TPSA) is 74.7 Å². The molecule has 0 rings (SSSR count). The molecule has 16 heavy (non-hydrogen) atoms. The largest absolute Gasteiger partial charge is 0.480 e. The highest BCUT2D eigenvalue weighted by Gasteiger charge is 2.28. The smallest absolute Gasteiger partial charge is 0.318 e. The van der Waals surface area contributed by atoms with Gasteiger partial charge < -0.3 is 5.11 Å². The summed E-state index contributed by atoms with van der Waals surface area (Å²) in [4.78, 5) is 10.6. The van der Waals surface area contributed by atoms with Crippen LogP contribution in [-0.2, 0) is 14.8 Å². The second-order valence-corrected chi connectivity index (χ2v) is 6.29. The Hall–Kier alpha value is -0.620. The van der Waals surface area contributed by atoms with Crippen LogP contribution in [0.5, 0.6) is 0 Å². The van der Waals surface area contributed by atoms with E-state index in [0.29, 0.717) is 0 Å². The molecule has 0 saturated heterocycles. The molecular formula is C10H21NO4S. The highest BCUT2D eigenvalue weighted by Crippen LogP contribution is 2.13. The molecule has 0 saturated carbocycles. The molecule has 0 aliphatic rings. The summed E-state index contributed by atoms with van der Waals surface area (Å²) in [6, 6.07) is -0.329. The van der Waals surface area contributed by atoms with E-state index in [9.17, 15) is 13.2 Å². The number of carboxylic acids is 1. The predicted molar refractivity (Wildman–Crippen MR) is 62.7 cm³/mol. The highest BCUT2D eigenvalue weighted by atomic mass is 32.2. The first kappa shape index (κ1) is 15.4. The summed E-state index contributed by atoms with van der Waals surface area (Å²) >= 11 is 0. The Bertz CT molecular complexity index is 324. The van der Waals surface area contributed by atoms with E-state index in [1.54, 1.807) is 13.8 Å². The molecule has 1 atom stereocenters. The van der Waals surface area contributed by atoms with Gasteiger partial charge in [-0.15, -0.1) is 0 Å². The molecular weight excluding hydrogens is 230 g/mol. The van der Waals surface area contributed by atoms with Crippen LogP contribution < -0.4 is 0 Å². The maximum atomic E-state index is 11.9. The molecule has 1 N–H and O–H groups in total. The van der Waals surface area contributed by atoms with Crippen LogP contribution in [-0.4, -0.2) is 42.1 Å². The molecule has 5 nitrogen and oxygen atoms in total. The average molecular weight is 251 g/mol. The fourth-order valence-electron chi connectivity index (χ4n) is 1.31. The summed E-state index contributed by atoms with van der Waals surface area (Å²) in [5.74, 6) is -1.07. The van der Waals surface area contributed by atoms with Crippen molar-refractivity contribution in [1.29, 1.82) is 0 Å². The lowest BCUT2D eigenvalue weighted by atomic mass is 10.2. The molecule has 96 valence electrons. The minimum absolute atomic E-state index is 0.00889. The molecule has 0 heterocycles. The average Bonchev–Trinajstić information content (AvgIpc) is 2.12. The maximum Gasteiger partial charge on any atom is 0.318 e. The highest BCUT2D eigenvalue weighted by molar-refractivity contribution is 7.89. The second-order valence-electron chi connectivity index (χ2n) is 4.32. The fourth-order valence-corrected chi connectivity index (χ4v) is 3.40. The quantitative estimate of drug-likeness (QED) is 0.736. The summed E-state index contributed by atoms with van der Waals surface area (Å²) < 4.78 is 24.9. The summed E-state index contributed by atoms with van der Waals surface area (Å²) in [6.45, 7) is 6.65. The molecule has 0 spiro atoms. The van der Waals surface area contributed by atoms with Gasteiger partial charge in [0.05, 0.1) is 5.75 Å². The van der Waals surface area contributed by atoms with Gasteiger partial charge in [-0.2, -0.15) is 4.31 Å². The van der Waals surface area contributed by atoms with Gasteiger partial charge in [-0.3, -0.25) is 4.79 Å². The van der Waals surface area contributed by atoms with Gasteiger partial charge >= 0.3 is 5.97 Å². The fraction of sp³-hybridized carbons (Fsp3) is 0.900. The van der Waals surface area contributed by atoms with Crippen molar-refractivity contribution in [2.24, 2.45) is 5.92 Å². The number of carboxylic acid groups (broad SMARTS) is 1. The molecule has 0 amide bonds. The van der Waals surface area contributed by atoms with Gasteiger partial charge in [-0.05, 0) is 19.8 Å². The van der Waals surface area contributed by atoms with Crippen LogP contribution in [0.4, 0.5) is 0 Å². The number of rotatable bonds is 7. The van der Waals surface area contributed by atoms with Crippen LogP contribution in [0.25, 0.3) is 0 Å². The van der Waals surface area contributed by atoms with Crippen molar-refractivity contribution >= 4 is 16.0 Å². The van der Waals surface area contributed by atoms with Crippen molar-refractivity contribution in [3.63, 3.8) is 0 Å². The molecule has 0 fully saturated rings. The Morgan fingerprint density at radius 3 is 2.12 bits per heavy atom. The molecule has 0 aromatic heterocycles. The van der Waals surface area contributed by atoms with Crippen molar-refractivity contribution in [2.75, 3.05) is 12.3 Å². The van der Waals surface area contributed by atoms with Crippen LogP contribution in [0.3, 0.4) is 0 Å². The summed E-state index contributed by atoms with van der Waals surface area (Å²) in [5.41, 5.74) is 0. The van der Waals surface area contributed by atoms with Crippen molar-refractivity contribution < 1.29 is 18.3 Å². The Labute approximate surface area is 97.5 Å². The van der Waals surface area contributed by atoms with Gasteiger partial charge in [0, 0.05) is 6.04 Å². The molecule has 0 aromatic carbocycles. The maximum absolute atomic E-state index is 11.9. The van der Waals surface area contributed by atoms with E-state index < -0.39 is 22.5 Å². The number of carbonyl (C=O) groups is 1. The molecule has 0 bridgehead atoms. The van der Waals surface area contributed by atoms with Crippen molar-refractivity contribution in [3.8, 4) is 0 Å². The zero-order valence-corrected chi connectivity index (χ0v) is 11.1. The van der Waals surface area contributed by atoms with E-state index in [2.05, 4.69) is 0 Å². The summed E-state index contributed by atoms with van der Waals surface area (Å²) in [7, 11) is -3.48. The van der Waals surface area contributed by atoms with Gasteiger partial charge in [0.1, 0.15) is 6.54 Å². The molecule has 0 aliphatic carbocycles. The molecule has 0 aromatic rings. The third-order valence-corrected chi connectivity index (χ3v) is 4.67. The van der Waals surface area contributed by atoms with Crippen molar-refractivity contribution in [2.45, 2.75) is 40.2 Å². The van der Waals surface area contributed by atoms with Crippen LogP contribution in [0.1, 0.15) is 34.1 Å². The predicted octanol–water partition coefficient (Wildman–Crippen LogP) is 1.16. The van der Waals surface area contributed by atoms with E-state index in [1.165, 1.54) is 0 Å². The lowest BCUT2D eigenvalue weighted by molar-refractivity contribution is -0.137. The third kappa shape index (κ3) is 4.94. The van der Waals surface area contributed by atoms with Crippen molar-refractivity contribution in [3.05, 3.63) is 0 Å². The van der Waals surface area contributed by atoms with Crippen molar-refractivity contribution in [1.82, 2.24) is 4.31 Å². The Morgan fingerprint density at radius 1 is 1.31 bits per heavy atom. The first-order chi connectivity index (χ1) is 7.20. The number of sulfonamides is 1. The van der Waals surface area contributed by atoms with Crippen LogP contribution in [0, 0.1) is 5.92 Å². The van der Waals surface area contributed by atoms with E-state index in [4.69, 9.17) is 5.11 Å². The standard InChI is InChI=1S/C10H21NO4S/c1-5-9(4)7-16(14,15)11(8(2)3)6-10(12)13/h8-9H,5-7H2,1-4H3,(H,12,13). The number of hydrogen-bond acceptors (Lipinski definition) is 3. The van der Waals surface area contributed by atoms with E-state index in [0.717, 1.165) is 10.7 Å².